The smallest absolute Gasteiger partial charge is 0.243 e. The maximum atomic E-state index is 12.8. The van der Waals surface area contributed by atoms with E-state index in [2.05, 4.69) is 45.2 Å². The van der Waals surface area contributed by atoms with Crippen LogP contribution >= 0.6 is 15.9 Å². The first kappa shape index (κ1) is 23.1. The van der Waals surface area contributed by atoms with Gasteiger partial charge in [0, 0.05) is 18.8 Å². The maximum absolute atomic E-state index is 12.8. The molecule has 7 nitrogen and oxygen atoms in total. The SMILES string of the molecule is CC/C(C)=N/c1c(Br)cnn1C(C)NCC1CCN(S(=O)(=O)c2ccccc2)CC1. The van der Waals surface area contributed by atoms with Crippen molar-refractivity contribution in [2.75, 3.05) is 19.6 Å². The second-order valence-electron chi connectivity index (χ2n) is 7.71. The first-order chi connectivity index (χ1) is 14.3. The Kier molecular flexibility index (Phi) is 7.84. The summed E-state index contributed by atoms with van der Waals surface area (Å²) in [6, 6.07) is 8.68. The minimum Gasteiger partial charge on any atom is -0.296 e. The van der Waals surface area contributed by atoms with Gasteiger partial charge in [0.05, 0.1) is 15.6 Å². The normalized spacial score (nSPS) is 17.9. The number of aliphatic imine (C=N–C) groups is 1. The molecule has 3 rings (SSSR count). The molecule has 164 valence electrons. The molecule has 1 N–H and O–H groups in total. The number of sulfonamides is 1. The highest BCUT2D eigenvalue weighted by atomic mass is 79.9. The molecule has 1 saturated heterocycles. The van der Waals surface area contributed by atoms with Gasteiger partial charge in [-0.25, -0.2) is 18.1 Å². The second kappa shape index (κ2) is 10.2. The summed E-state index contributed by atoms with van der Waals surface area (Å²) in [6.07, 6.45) is 4.34. The van der Waals surface area contributed by atoms with Crippen molar-refractivity contribution in [3.63, 3.8) is 0 Å². The Morgan fingerprint density at radius 3 is 2.60 bits per heavy atom. The van der Waals surface area contributed by atoms with E-state index in [0.29, 0.717) is 23.9 Å². The molecule has 1 fully saturated rings. The summed E-state index contributed by atoms with van der Waals surface area (Å²) in [5, 5.41) is 8.00. The third kappa shape index (κ3) is 5.38. The quantitative estimate of drug-likeness (QED) is 0.551. The predicted octanol–water partition coefficient (Wildman–Crippen LogP) is 4.36. The van der Waals surface area contributed by atoms with Crippen molar-refractivity contribution in [1.82, 2.24) is 19.4 Å². The van der Waals surface area contributed by atoms with Crippen LogP contribution in [0, 0.1) is 5.92 Å². The molecule has 2 heterocycles. The van der Waals surface area contributed by atoms with Crippen LogP contribution in [-0.2, 0) is 10.0 Å². The van der Waals surface area contributed by atoms with Gasteiger partial charge < -0.3 is 0 Å². The third-order valence-corrected chi connectivity index (χ3v) is 8.03. The van der Waals surface area contributed by atoms with E-state index in [9.17, 15) is 8.42 Å². The fraction of sp³-hybridized carbons (Fsp3) is 0.524. The molecule has 0 radical (unpaired) electrons. The number of nitrogens with one attached hydrogen (secondary N) is 1. The number of halogens is 1. The van der Waals surface area contributed by atoms with Crippen LogP contribution < -0.4 is 5.32 Å². The molecule has 0 aliphatic carbocycles. The topological polar surface area (TPSA) is 79.6 Å². The molecule has 1 atom stereocenters. The Morgan fingerprint density at radius 2 is 1.97 bits per heavy atom. The first-order valence-corrected chi connectivity index (χ1v) is 12.6. The Hall–Kier alpha value is -1.55. The molecule has 0 amide bonds. The van der Waals surface area contributed by atoms with Crippen LogP contribution in [0.25, 0.3) is 0 Å². The lowest BCUT2D eigenvalue weighted by molar-refractivity contribution is 0.252. The summed E-state index contributed by atoms with van der Waals surface area (Å²) in [6.45, 7) is 8.08. The van der Waals surface area contributed by atoms with Gasteiger partial charge in [0.1, 0.15) is 6.17 Å². The van der Waals surface area contributed by atoms with Gasteiger partial charge in [-0.1, -0.05) is 25.1 Å². The molecule has 0 bridgehead atoms. The third-order valence-electron chi connectivity index (χ3n) is 5.56. The number of hydrogen-bond acceptors (Lipinski definition) is 5. The maximum Gasteiger partial charge on any atom is 0.243 e. The molecule has 1 aliphatic heterocycles. The number of piperidine rings is 1. The van der Waals surface area contributed by atoms with Crippen LogP contribution in [0.5, 0.6) is 0 Å². The summed E-state index contributed by atoms with van der Waals surface area (Å²) < 4.78 is 29.9. The van der Waals surface area contributed by atoms with Crippen LogP contribution in [0.4, 0.5) is 5.82 Å². The van der Waals surface area contributed by atoms with E-state index in [-0.39, 0.29) is 6.17 Å². The minimum atomic E-state index is -3.40. The lowest BCUT2D eigenvalue weighted by Crippen LogP contribution is -2.41. The van der Waals surface area contributed by atoms with Crippen LogP contribution in [0.3, 0.4) is 0 Å². The predicted molar refractivity (Wildman–Crippen MR) is 124 cm³/mol. The molecule has 1 aromatic carbocycles. The van der Waals surface area contributed by atoms with E-state index in [1.807, 2.05) is 17.7 Å². The Morgan fingerprint density at radius 1 is 1.30 bits per heavy atom. The van der Waals surface area contributed by atoms with Crippen molar-refractivity contribution in [3.8, 4) is 0 Å². The number of nitrogens with zero attached hydrogens (tertiary/aromatic N) is 4. The Bertz CT molecular complexity index is 967. The Labute approximate surface area is 187 Å². The van der Waals surface area contributed by atoms with Crippen molar-refractivity contribution in [1.29, 1.82) is 0 Å². The van der Waals surface area contributed by atoms with Crippen molar-refractivity contribution in [2.24, 2.45) is 10.9 Å². The van der Waals surface area contributed by atoms with E-state index in [4.69, 9.17) is 0 Å². The molecule has 1 aromatic heterocycles. The summed E-state index contributed by atoms with van der Waals surface area (Å²) in [7, 11) is -3.40. The van der Waals surface area contributed by atoms with Crippen molar-refractivity contribution < 1.29 is 8.42 Å². The first-order valence-electron chi connectivity index (χ1n) is 10.4. The number of rotatable bonds is 8. The zero-order valence-electron chi connectivity index (χ0n) is 17.8. The average Bonchev–Trinajstić information content (AvgIpc) is 3.13. The second-order valence-corrected chi connectivity index (χ2v) is 10.5. The van der Waals surface area contributed by atoms with E-state index in [0.717, 1.165) is 41.8 Å². The monoisotopic (exact) mass is 495 g/mol. The van der Waals surface area contributed by atoms with Crippen LogP contribution in [0.15, 0.2) is 50.9 Å². The standard InChI is InChI=1S/C21H30BrN5O2S/c1-4-16(2)25-21-20(22)15-24-27(21)17(3)23-14-18-10-12-26(13-11-18)30(28,29)19-8-6-5-7-9-19/h5-9,15,17-18,23H,4,10-14H2,1-3H3/b25-16+. The molecule has 1 unspecified atom stereocenters. The van der Waals surface area contributed by atoms with Gasteiger partial charge in [0.2, 0.25) is 10.0 Å². The van der Waals surface area contributed by atoms with Gasteiger partial charge >= 0.3 is 0 Å². The fourth-order valence-corrected chi connectivity index (χ4v) is 5.35. The summed E-state index contributed by atoms with van der Waals surface area (Å²) in [5.41, 5.74) is 1.05. The summed E-state index contributed by atoms with van der Waals surface area (Å²) >= 11 is 3.53. The lowest BCUT2D eigenvalue weighted by atomic mass is 9.98. The largest absolute Gasteiger partial charge is 0.296 e. The van der Waals surface area contributed by atoms with Gasteiger partial charge in [-0.15, -0.1) is 0 Å². The van der Waals surface area contributed by atoms with Gasteiger partial charge in [-0.3, -0.25) is 5.32 Å². The molecular formula is C21H30BrN5O2S. The molecule has 0 spiro atoms. The zero-order chi connectivity index (χ0) is 21.7. The average molecular weight is 496 g/mol. The van der Waals surface area contributed by atoms with Crippen LogP contribution in [0.1, 0.15) is 46.2 Å². The van der Waals surface area contributed by atoms with Gasteiger partial charge in [-0.05, 0) is 73.6 Å². The molecule has 9 heteroatoms. The Balaban J connectivity index is 1.55. The van der Waals surface area contributed by atoms with E-state index >= 15 is 0 Å². The zero-order valence-corrected chi connectivity index (χ0v) is 20.2. The van der Waals surface area contributed by atoms with Crippen LogP contribution in [0.2, 0.25) is 0 Å². The highest BCUT2D eigenvalue weighted by Gasteiger charge is 2.29. The highest BCUT2D eigenvalue weighted by Crippen LogP contribution is 2.28. The van der Waals surface area contributed by atoms with Crippen molar-refractivity contribution in [2.45, 2.75) is 51.1 Å². The molecule has 30 heavy (non-hydrogen) atoms. The van der Waals surface area contributed by atoms with Gasteiger partial charge in [0.25, 0.3) is 0 Å². The molecule has 1 aliphatic rings. The lowest BCUT2D eigenvalue weighted by Gasteiger charge is -2.32. The van der Waals surface area contributed by atoms with E-state index in [1.165, 1.54) is 0 Å². The summed E-state index contributed by atoms with van der Waals surface area (Å²) in [4.78, 5) is 5.05. The van der Waals surface area contributed by atoms with Crippen LogP contribution in [-0.4, -0.2) is 47.8 Å². The van der Waals surface area contributed by atoms with Gasteiger partial charge in [-0.2, -0.15) is 9.40 Å². The minimum absolute atomic E-state index is 0.00853. The molecular weight excluding hydrogens is 466 g/mol. The van der Waals surface area contributed by atoms with E-state index < -0.39 is 10.0 Å². The molecule has 2 aromatic rings. The van der Waals surface area contributed by atoms with E-state index in [1.54, 1.807) is 34.8 Å². The summed E-state index contributed by atoms with van der Waals surface area (Å²) in [5.74, 6) is 1.25. The number of aromatic nitrogens is 2. The highest BCUT2D eigenvalue weighted by molar-refractivity contribution is 9.10. The number of hydrogen-bond donors (Lipinski definition) is 1. The molecule has 0 saturated carbocycles. The fourth-order valence-electron chi connectivity index (χ4n) is 3.50. The van der Waals surface area contributed by atoms with Gasteiger partial charge in [0.15, 0.2) is 5.82 Å². The number of benzene rings is 1. The van der Waals surface area contributed by atoms with Crippen molar-refractivity contribution >= 4 is 37.5 Å². The van der Waals surface area contributed by atoms with Crippen molar-refractivity contribution in [3.05, 3.63) is 41.0 Å².